The van der Waals surface area contributed by atoms with E-state index in [2.05, 4.69) is 5.32 Å². The van der Waals surface area contributed by atoms with Gasteiger partial charge in [-0.1, -0.05) is 25.1 Å². The van der Waals surface area contributed by atoms with Crippen molar-refractivity contribution >= 4 is 23.4 Å². The molecule has 2 nitrogen and oxygen atoms in total. The van der Waals surface area contributed by atoms with E-state index in [9.17, 15) is 9.18 Å². The van der Waals surface area contributed by atoms with Crippen LogP contribution in [0, 0.1) is 18.7 Å². The van der Waals surface area contributed by atoms with Crippen LogP contribution >= 0.6 is 11.8 Å². The molecule has 0 fully saturated rings. The molecule has 0 aliphatic heterocycles. The maximum atomic E-state index is 13.0. The number of aryl methyl sites for hydroxylation is 1. The predicted octanol–water partition coefficient (Wildman–Crippen LogP) is 4.50. The fourth-order valence-corrected chi connectivity index (χ4v) is 2.78. The highest BCUT2D eigenvalue weighted by molar-refractivity contribution is 7.99. The third-order valence-corrected chi connectivity index (χ3v) is 4.41. The van der Waals surface area contributed by atoms with Gasteiger partial charge in [-0.3, -0.25) is 4.79 Å². The third-order valence-electron chi connectivity index (χ3n) is 3.14. The number of benzene rings is 2. The second-order valence-electron chi connectivity index (χ2n) is 4.97. The van der Waals surface area contributed by atoms with Crippen LogP contribution in [0.25, 0.3) is 0 Å². The molecule has 0 bridgehead atoms. The number of thioether (sulfide) groups is 1. The number of carbonyl (C=O) groups excluding carboxylic acids is 1. The van der Waals surface area contributed by atoms with E-state index in [0.29, 0.717) is 11.4 Å². The third kappa shape index (κ3) is 4.60. The van der Waals surface area contributed by atoms with Crippen LogP contribution in [0.4, 0.5) is 10.1 Å². The number of hydrogen-bond donors (Lipinski definition) is 1. The molecule has 0 aliphatic rings. The second kappa shape index (κ2) is 7.27. The fourth-order valence-electron chi connectivity index (χ4n) is 1.84. The summed E-state index contributed by atoms with van der Waals surface area (Å²) >= 11 is 1.65. The van der Waals surface area contributed by atoms with Gasteiger partial charge in [-0.15, -0.1) is 11.8 Å². The summed E-state index contributed by atoms with van der Waals surface area (Å²) in [5.41, 5.74) is 1.39. The van der Waals surface area contributed by atoms with Crippen LogP contribution in [0.3, 0.4) is 0 Å². The molecule has 21 heavy (non-hydrogen) atoms. The highest BCUT2D eigenvalue weighted by Gasteiger charge is 2.14. The van der Waals surface area contributed by atoms with Crippen molar-refractivity contribution in [1.29, 1.82) is 0 Å². The number of rotatable bonds is 5. The maximum absolute atomic E-state index is 13.0. The Bertz CT molecular complexity index is 615. The Balaban J connectivity index is 1.90. The minimum Gasteiger partial charge on any atom is -0.326 e. The molecule has 1 N–H and O–H groups in total. The molecule has 0 aliphatic carbocycles. The molecule has 0 heterocycles. The summed E-state index contributed by atoms with van der Waals surface area (Å²) in [4.78, 5) is 13.3. The average molecular weight is 303 g/mol. The van der Waals surface area contributed by atoms with Crippen molar-refractivity contribution in [2.24, 2.45) is 5.92 Å². The molecule has 0 saturated heterocycles. The van der Waals surface area contributed by atoms with Crippen molar-refractivity contribution in [3.63, 3.8) is 0 Å². The minimum atomic E-state index is -0.293. The number of nitrogens with one attached hydrogen (secondary N) is 1. The maximum Gasteiger partial charge on any atom is 0.228 e. The van der Waals surface area contributed by atoms with Gasteiger partial charge in [-0.05, 0) is 42.8 Å². The van der Waals surface area contributed by atoms with Crippen LogP contribution in [0.1, 0.15) is 12.5 Å². The van der Waals surface area contributed by atoms with E-state index < -0.39 is 0 Å². The Labute approximate surface area is 128 Å². The normalized spacial score (nSPS) is 12.0. The van der Waals surface area contributed by atoms with Crippen molar-refractivity contribution in [3.8, 4) is 0 Å². The first-order valence-corrected chi connectivity index (χ1v) is 7.79. The van der Waals surface area contributed by atoms with Gasteiger partial charge in [0.25, 0.3) is 0 Å². The first kappa shape index (κ1) is 15.6. The largest absolute Gasteiger partial charge is 0.326 e. The van der Waals surface area contributed by atoms with Crippen LogP contribution in [-0.2, 0) is 4.79 Å². The lowest BCUT2D eigenvalue weighted by molar-refractivity contribution is -0.118. The van der Waals surface area contributed by atoms with Gasteiger partial charge in [0, 0.05) is 22.3 Å². The van der Waals surface area contributed by atoms with E-state index >= 15 is 0 Å². The van der Waals surface area contributed by atoms with Crippen molar-refractivity contribution in [3.05, 3.63) is 59.9 Å². The molecule has 0 spiro atoms. The van der Waals surface area contributed by atoms with Crippen LogP contribution in [-0.4, -0.2) is 11.7 Å². The molecular weight excluding hydrogens is 285 g/mol. The molecule has 4 heteroatoms. The summed E-state index contributed by atoms with van der Waals surface area (Å²) in [5, 5.41) is 2.85. The molecular formula is C17H18FNOS. The van der Waals surface area contributed by atoms with Gasteiger partial charge in [0.05, 0.1) is 0 Å². The first-order valence-electron chi connectivity index (χ1n) is 6.81. The highest BCUT2D eigenvalue weighted by Crippen LogP contribution is 2.22. The van der Waals surface area contributed by atoms with E-state index in [1.807, 2.05) is 37.3 Å². The summed E-state index contributed by atoms with van der Waals surface area (Å²) < 4.78 is 13.0. The van der Waals surface area contributed by atoms with E-state index in [4.69, 9.17) is 0 Å². The van der Waals surface area contributed by atoms with Gasteiger partial charge in [0.1, 0.15) is 5.82 Å². The van der Waals surface area contributed by atoms with Crippen molar-refractivity contribution in [2.75, 3.05) is 11.1 Å². The monoisotopic (exact) mass is 303 g/mol. The molecule has 110 valence electrons. The zero-order chi connectivity index (χ0) is 15.2. The van der Waals surface area contributed by atoms with Crippen molar-refractivity contribution < 1.29 is 9.18 Å². The standard InChI is InChI=1S/C17H18FNOS/c1-12-10-14(18)8-9-16(12)19-17(20)13(2)11-21-15-6-4-3-5-7-15/h3-10,13H,11H2,1-2H3,(H,19,20). The van der Waals surface area contributed by atoms with Gasteiger partial charge < -0.3 is 5.32 Å². The molecule has 1 atom stereocenters. The Morgan fingerprint density at radius 3 is 2.62 bits per heavy atom. The predicted molar refractivity (Wildman–Crippen MR) is 86.1 cm³/mol. The van der Waals surface area contributed by atoms with Gasteiger partial charge >= 0.3 is 0 Å². The van der Waals surface area contributed by atoms with E-state index in [0.717, 1.165) is 10.5 Å². The van der Waals surface area contributed by atoms with Gasteiger partial charge in [0.15, 0.2) is 0 Å². The quantitative estimate of drug-likeness (QED) is 0.824. The van der Waals surface area contributed by atoms with Gasteiger partial charge in [-0.25, -0.2) is 4.39 Å². The Morgan fingerprint density at radius 1 is 1.24 bits per heavy atom. The molecule has 0 radical (unpaired) electrons. The van der Waals surface area contributed by atoms with Crippen LogP contribution < -0.4 is 5.32 Å². The summed E-state index contributed by atoms with van der Waals surface area (Å²) in [6.45, 7) is 3.67. The SMILES string of the molecule is Cc1cc(F)ccc1NC(=O)C(C)CSc1ccccc1. The number of carbonyl (C=O) groups is 1. The first-order chi connectivity index (χ1) is 10.1. The Kier molecular flexibility index (Phi) is 5.39. The summed E-state index contributed by atoms with van der Waals surface area (Å²) in [5.74, 6) is 0.238. The molecule has 2 aromatic rings. The lowest BCUT2D eigenvalue weighted by atomic mass is 10.1. The van der Waals surface area contributed by atoms with E-state index in [1.54, 1.807) is 24.8 Å². The van der Waals surface area contributed by atoms with E-state index in [-0.39, 0.29) is 17.6 Å². The van der Waals surface area contributed by atoms with Crippen LogP contribution in [0.15, 0.2) is 53.4 Å². The topological polar surface area (TPSA) is 29.1 Å². The van der Waals surface area contributed by atoms with E-state index in [1.165, 1.54) is 12.1 Å². The molecule has 2 rings (SSSR count). The molecule has 1 amide bonds. The highest BCUT2D eigenvalue weighted by atomic mass is 32.2. The molecule has 1 unspecified atom stereocenters. The summed E-state index contributed by atoms with van der Waals surface area (Å²) in [6, 6.07) is 14.4. The smallest absolute Gasteiger partial charge is 0.228 e. The summed E-state index contributed by atoms with van der Waals surface area (Å²) in [7, 11) is 0. The average Bonchev–Trinajstić information content (AvgIpc) is 2.48. The molecule has 2 aromatic carbocycles. The number of anilines is 1. The molecule has 0 saturated carbocycles. The lowest BCUT2D eigenvalue weighted by Crippen LogP contribution is -2.22. The Hall–Kier alpha value is -1.81. The zero-order valence-electron chi connectivity index (χ0n) is 12.1. The Morgan fingerprint density at radius 2 is 1.95 bits per heavy atom. The van der Waals surface area contributed by atoms with Crippen LogP contribution in [0.5, 0.6) is 0 Å². The number of hydrogen-bond acceptors (Lipinski definition) is 2. The van der Waals surface area contributed by atoms with Gasteiger partial charge in [0.2, 0.25) is 5.91 Å². The number of halogens is 1. The lowest BCUT2D eigenvalue weighted by Gasteiger charge is -2.13. The minimum absolute atomic E-state index is 0.0480. The van der Waals surface area contributed by atoms with Crippen molar-refractivity contribution in [2.45, 2.75) is 18.7 Å². The van der Waals surface area contributed by atoms with Gasteiger partial charge in [-0.2, -0.15) is 0 Å². The van der Waals surface area contributed by atoms with Crippen molar-refractivity contribution in [1.82, 2.24) is 0 Å². The summed E-state index contributed by atoms with van der Waals surface area (Å²) in [6.07, 6.45) is 0. The molecule has 0 aromatic heterocycles. The zero-order valence-corrected chi connectivity index (χ0v) is 12.9. The van der Waals surface area contributed by atoms with Crippen LogP contribution in [0.2, 0.25) is 0 Å². The number of amides is 1. The second-order valence-corrected chi connectivity index (χ2v) is 6.07. The fraction of sp³-hybridized carbons (Fsp3) is 0.235.